The van der Waals surface area contributed by atoms with Crippen LogP contribution in [0.2, 0.25) is 0 Å². The smallest absolute Gasteiger partial charge is 0.344 e. The van der Waals surface area contributed by atoms with Gasteiger partial charge in [-0.15, -0.1) is 5.10 Å². The standard InChI is InChI=1S/C17H16F3N5O3S2/c1-11-10-14(26)21-15-25(11)22-16(29-15)23-6-8-24(9-7-23)30(27,28)13-5-3-2-4-12(13)17(18,19)20/h2-5,10H,6-9H2,1H3. The van der Waals surface area contributed by atoms with Gasteiger partial charge in [-0.3, -0.25) is 4.79 Å². The third kappa shape index (κ3) is 3.68. The minimum absolute atomic E-state index is 0.00827. The number of nitrogens with zero attached hydrogens (tertiary/aromatic N) is 5. The van der Waals surface area contributed by atoms with Gasteiger partial charge in [-0.1, -0.05) is 23.5 Å². The van der Waals surface area contributed by atoms with E-state index in [9.17, 15) is 26.4 Å². The van der Waals surface area contributed by atoms with Gasteiger partial charge in [-0.2, -0.15) is 22.5 Å². The summed E-state index contributed by atoms with van der Waals surface area (Å²) >= 11 is 1.19. The fraction of sp³-hybridized carbons (Fsp3) is 0.353. The second-order valence-electron chi connectivity index (χ2n) is 6.70. The summed E-state index contributed by atoms with van der Waals surface area (Å²) in [6, 6.07) is 5.54. The molecule has 13 heteroatoms. The van der Waals surface area contributed by atoms with Crippen molar-refractivity contribution in [1.29, 1.82) is 0 Å². The van der Waals surface area contributed by atoms with Crippen molar-refractivity contribution in [2.75, 3.05) is 31.1 Å². The van der Waals surface area contributed by atoms with E-state index in [0.29, 0.717) is 15.8 Å². The molecule has 1 aliphatic rings. The van der Waals surface area contributed by atoms with E-state index in [1.54, 1.807) is 6.92 Å². The highest BCUT2D eigenvalue weighted by Crippen LogP contribution is 2.35. The van der Waals surface area contributed by atoms with Gasteiger partial charge < -0.3 is 4.90 Å². The Morgan fingerprint density at radius 2 is 1.77 bits per heavy atom. The molecule has 160 valence electrons. The second kappa shape index (κ2) is 7.32. The van der Waals surface area contributed by atoms with Crippen LogP contribution >= 0.6 is 11.3 Å². The molecule has 0 saturated carbocycles. The molecule has 4 rings (SSSR count). The van der Waals surface area contributed by atoms with Gasteiger partial charge in [0.2, 0.25) is 20.1 Å². The molecular weight excluding hydrogens is 443 g/mol. The van der Waals surface area contributed by atoms with Gasteiger partial charge >= 0.3 is 6.18 Å². The van der Waals surface area contributed by atoms with Gasteiger partial charge in [0.25, 0.3) is 5.56 Å². The van der Waals surface area contributed by atoms with E-state index in [1.807, 2.05) is 4.90 Å². The topological polar surface area (TPSA) is 87.9 Å². The molecule has 0 spiro atoms. The molecule has 2 aromatic heterocycles. The van der Waals surface area contributed by atoms with E-state index in [0.717, 1.165) is 22.5 Å². The first-order valence-corrected chi connectivity index (χ1v) is 11.1. The number of piperazine rings is 1. The summed E-state index contributed by atoms with van der Waals surface area (Å²) in [6.07, 6.45) is -4.77. The highest BCUT2D eigenvalue weighted by atomic mass is 32.2. The van der Waals surface area contributed by atoms with E-state index < -0.39 is 26.7 Å². The zero-order valence-electron chi connectivity index (χ0n) is 15.6. The van der Waals surface area contributed by atoms with Crippen LogP contribution in [0.3, 0.4) is 0 Å². The van der Waals surface area contributed by atoms with E-state index in [-0.39, 0.29) is 31.7 Å². The Balaban J connectivity index is 1.57. The highest BCUT2D eigenvalue weighted by Gasteiger charge is 2.39. The molecule has 0 aliphatic carbocycles. The number of fused-ring (bicyclic) bond motifs is 1. The van der Waals surface area contributed by atoms with Crippen molar-refractivity contribution in [1.82, 2.24) is 18.9 Å². The quantitative estimate of drug-likeness (QED) is 0.595. The lowest BCUT2D eigenvalue weighted by molar-refractivity contribution is -0.139. The van der Waals surface area contributed by atoms with Crippen LogP contribution in [0, 0.1) is 6.92 Å². The van der Waals surface area contributed by atoms with Crippen molar-refractivity contribution >= 4 is 31.5 Å². The van der Waals surface area contributed by atoms with Gasteiger partial charge in [0, 0.05) is 37.9 Å². The predicted octanol–water partition coefficient (Wildman–Crippen LogP) is 1.99. The van der Waals surface area contributed by atoms with Crippen LogP contribution in [-0.2, 0) is 16.2 Å². The number of aromatic nitrogens is 3. The molecule has 1 saturated heterocycles. The first kappa shape index (κ1) is 20.8. The molecule has 0 amide bonds. The van der Waals surface area contributed by atoms with Gasteiger partial charge in [0.05, 0.1) is 10.5 Å². The molecule has 1 aliphatic heterocycles. The lowest BCUT2D eigenvalue weighted by Gasteiger charge is -2.34. The monoisotopic (exact) mass is 459 g/mol. The number of sulfonamides is 1. The van der Waals surface area contributed by atoms with Crippen molar-refractivity contribution in [2.24, 2.45) is 0 Å². The maximum Gasteiger partial charge on any atom is 0.417 e. The number of hydrogen-bond acceptors (Lipinski definition) is 7. The van der Waals surface area contributed by atoms with Crippen molar-refractivity contribution < 1.29 is 21.6 Å². The molecule has 8 nitrogen and oxygen atoms in total. The normalized spacial score (nSPS) is 16.3. The van der Waals surface area contributed by atoms with Crippen LogP contribution in [0.4, 0.5) is 18.3 Å². The Hall–Kier alpha value is -2.51. The second-order valence-corrected chi connectivity index (χ2v) is 9.54. The highest BCUT2D eigenvalue weighted by molar-refractivity contribution is 7.89. The van der Waals surface area contributed by atoms with Crippen LogP contribution in [0.15, 0.2) is 40.0 Å². The zero-order valence-corrected chi connectivity index (χ0v) is 17.3. The number of anilines is 1. The summed E-state index contributed by atoms with van der Waals surface area (Å²) in [5.41, 5.74) is -0.926. The van der Waals surface area contributed by atoms with Crippen LogP contribution < -0.4 is 10.5 Å². The molecule has 1 aromatic carbocycles. The Bertz CT molecular complexity index is 1260. The molecule has 0 unspecified atom stereocenters. The molecule has 1 fully saturated rings. The molecule has 3 aromatic rings. The fourth-order valence-electron chi connectivity index (χ4n) is 3.25. The van der Waals surface area contributed by atoms with Crippen LogP contribution in [0.25, 0.3) is 4.96 Å². The maximum atomic E-state index is 13.3. The fourth-order valence-corrected chi connectivity index (χ4v) is 5.89. The Morgan fingerprint density at radius 3 is 2.43 bits per heavy atom. The first-order valence-electron chi connectivity index (χ1n) is 8.86. The summed E-state index contributed by atoms with van der Waals surface area (Å²) in [7, 11) is -4.31. The maximum absolute atomic E-state index is 13.3. The van der Waals surface area contributed by atoms with Crippen molar-refractivity contribution in [3.63, 3.8) is 0 Å². The van der Waals surface area contributed by atoms with E-state index in [1.165, 1.54) is 28.0 Å². The summed E-state index contributed by atoms with van der Waals surface area (Å²) in [5, 5.41) is 4.97. The zero-order chi connectivity index (χ0) is 21.7. The average molecular weight is 459 g/mol. The van der Waals surface area contributed by atoms with Gasteiger partial charge in [0.1, 0.15) is 0 Å². The van der Waals surface area contributed by atoms with E-state index >= 15 is 0 Å². The van der Waals surface area contributed by atoms with E-state index in [4.69, 9.17) is 0 Å². The number of benzene rings is 1. The number of alkyl halides is 3. The van der Waals surface area contributed by atoms with Crippen molar-refractivity contribution in [3.8, 4) is 0 Å². The third-order valence-corrected chi connectivity index (χ3v) is 7.67. The summed E-state index contributed by atoms with van der Waals surface area (Å²) in [5.74, 6) is 0. The third-order valence-electron chi connectivity index (χ3n) is 4.74. The molecule has 30 heavy (non-hydrogen) atoms. The number of rotatable bonds is 3. The lowest BCUT2D eigenvalue weighted by atomic mass is 10.2. The van der Waals surface area contributed by atoms with Gasteiger partial charge in [-0.25, -0.2) is 12.9 Å². The Labute approximate surface area is 173 Å². The Morgan fingerprint density at radius 1 is 1.10 bits per heavy atom. The first-order chi connectivity index (χ1) is 14.1. The summed E-state index contributed by atoms with van der Waals surface area (Å²) < 4.78 is 68.1. The van der Waals surface area contributed by atoms with Crippen LogP contribution in [-0.4, -0.2) is 53.5 Å². The number of hydrogen-bond donors (Lipinski definition) is 0. The van der Waals surface area contributed by atoms with Gasteiger partial charge in [0.15, 0.2) is 0 Å². The molecule has 3 heterocycles. The Kier molecular flexibility index (Phi) is 5.06. The van der Waals surface area contributed by atoms with Crippen LogP contribution in [0.5, 0.6) is 0 Å². The minimum Gasteiger partial charge on any atom is -0.344 e. The molecule has 0 N–H and O–H groups in total. The van der Waals surface area contributed by atoms with Crippen molar-refractivity contribution in [3.05, 3.63) is 51.9 Å². The molecule has 0 atom stereocenters. The van der Waals surface area contributed by atoms with Crippen LogP contribution in [0.1, 0.15) is 11.3 Å². The SMILES string of the molecule is Cc1cc(=O)nc2sc(N3CCN(S(=O)(=O)c4ccccc4C(F)(F)F)CC3)nn12. The molecule has 0 radical (unpaired) electrons. The summed E-state index contributed by atoms with van der Waals surface area (Å²) in [6.45, 7) is 2.24. The number of halogens is 3. The van der Waals surface area contributed by atoms with E-state index in [2.05, 4.69) is 10.1 Å². The average Bonchev–Trinajstić information content (AvgIpc) is 3.12. The molecular formula is C17H16F3N5O3S2. The lowest BCUT2D eigenvalue weighted by Crippen LogP contribution is -2.49. The minimum atomic E-state index is -4.77. The summed E-state index contributed by atoms with van der Waals surface area (Å²) in [4.78, 5) is 17.0. The van der Waals surface area contributed by atoms with Gasteiger partial charge in [-0.05, 0) is 19.1 Å². The molecule has 0 bridgehead atoms. The predicted molar refractivity (Wildman–Crippen MR) is 104 cm³/mol. The largest absolute Gasteiger partial charge is 0.417 e. The van der Waals surface area contributed by atoms with Crippen molar-refractivity contribution in [2.45, 2.75) is 18.0 Å². The number of aryl methyl sites for hydroxylation is 1.